The van der Waals surface area contributed by atoms with Crippen molar-refractivity contribution < 1.29 is 9.85 Å². The monoisotopic (exact) mass is 369 g/mol. The molecule has 0 saturated carbocycles. The van der Waals surface area contributed by atoms with Gasteiger partial charge in [0.25, 0.3) is 11.4 Å². The van der Waals surface area contributed by atoms with E-state index in [1.165, 1.54) is 6.07 Å². The average molecular weight is 369 g/mol. The lowest BCUT2D eigenvalue weighted by Crippen LogP contribution is -2.47. The Morgan fingerprint density at radius 2 is 1.67 bits per heavy atom. The number of piperazine rings is 1. The first kappa shape index (κ1) is 17.1. The first-order valence-electron chi connectivity index (χ1n) is 8.83. The van der Waals surface area contributed by atoms with E-state index in [1.54, 1.807) is 24.3 Å². The largest absolute Gasteiger partial charge is 0.384 e. The number of anilines is 3. The molecule has 140 valence electrons. The van der Waals surface area contributed by atoms with Crippen LogP contribution in [0.4, 0.5) is 28.4 Å². The molecule has 27 heavy (non-hydrogen) atoms. The van der Waals surface area contributed by atoms with E-state index in [0.29, 0.717) is 31.9 Å². The Labute approximate surface area is 155 Å². The second kappa shape index (κ2) is 6.75. The first-order chi connectivity index (χ1) is 13.0. The van der Waals surface area contributed by atoms with Crippen LogP contribution in [0.1, 0.15) is 5.56 Å². The van der Waals surface area contributed by atoms with Crippen LogP contribution in [0.3, 0.4) is 0 Å². The highest BCUT2D eigenvalue weighted by Gasteiger charge is 2.30. The number of nitro groups is 2. The molecule has 0 spiro atoms. The molecule has 0 radical (unpaired) electrons. The van der Waals surface area contributed by atoms with Gasteiger partial charge in [0.15, 0.2) is 0 Å². The molecule has 9 nitrogen and oxygen atoms in total. The predicted octanol–water partition coefficient (Wildman–Crippen LogP) is 2.80. The fraction of sp³-hybridized carbons (Fsp3) is 0.333. The quantitative estimate of drug-likeness (QED) is 0.652. The standard InChI is InChI=1S/C18H19N5O4/c24-22(25)14-3-1-2-13(12-14)20-8-10-21(11-9-20)18-15-6-7-19-16(15)4-5-17(18)23(26)27/h1-5,12,19H,6-11H2. The average Bonchev–Trinajstić information content (AvgIpc) is 3.16. The SMILES string of the molecule is O=[N+]([O-])c1cccc(N2CCN(c3c([N+](=O)[O-])ccc4c3CCN4)CC2)c1. The van der Waals surface area contributed by atoms with Gasteiger partial charge in [-0.15, -0.1) is 0 Å². The van der Waals surface area contributed by atoms with Crippen molar-refractivity contribution in [3.63, 3.8) is 0 Å². The number of benzene rings is 2. The van der Waals surface area contributed by atoms with Crippen LogP contribution in [0, 0.1) is 20.2 Å². The van der Waals surface area contributed by atoms with Gasteiger partial charge < -0.3 is 15.1 Å². The van der Waals surface area contributed by atoms with Gasteiger partial charge in [-0.25, -0.2) is 0 Å². The van der Waals surface area contributed by atoms with Crippen LogP contribution in [0.25, 0.3) is 0 Å². The first-order valence-corrected chi connectivity index (χ1v) is 8.83. The molecule has 0 aliphatic carbocycles. The molecule has 0 atom stereocenters. The lowest BCUT2D eigenvalue weighted by Gasteiger charge is -2.37. The van der Waals surface area contributed by atoms with Crippen LogP contribution in [0.2, 0.25) is 0 Å². The van der Waals surface area contributed by atoms with Crippen molar-refractivity contribution in [3.05, 3.63) is 62.2 Å². The highest BCUT2D eigenvalue weighted by molar-refractivity contribution is 5.78. The second-order valence-corrected chi connectivity index (χ2v) is 6.64. The molecule has 2 aromatic carbocycles. The summed E-state index contributed by atoms with van der Waals surface area (Å²) in [6, 6.07) is 9.93. The number of nitro benzene ring substituents is 2. The minimum atomic E-state index is -0.399. The summed E-state index contributed by atoms with van der Waals surface area (Å²) in [5, 5.41) is 25.8. The number of nitrogens with one attached hydrogen (secondary N) is 1. The van der Waals surface area contributed by atoms with Gasteiger partial charge in [-0.05, 0) is 18.6 Å². The Morgan fingerprint density at radius 1 is 0.926 bits per heavy atom. The highest BCUT2D eigenvalue weighted by atomic mass is 16.6. The van der Waals surface area contributed by atoms with Crippen molar-refractivity contribution >= 4 is 28.4 Å². The Balaban J connectivity index is 1.57. The number of non-ortho nitro benzene ring substituents is 1. The zero-order valence-electron chi connectivity index (χ0n) is 14.6. The summed E-state index contributed by atoms with van der Waals surface area (Å²) in [7, 11) is 0. The Kier molecular flexibility index (Phi) is 4.27. The van der Waals surface area contributed by atoms with E-state index in [9.17, 15) is 20.2 Å². The Hall–Kier alpha value is -3.36. The molecule has 0 amide bonds. The van der Waals surface area contributed by atoms with Gasteiger partial charge in [0, 0.05) is 67.9 Å². The summed E-state index contributed by atoms with van der Waals surface area (Å²) in [5.41, 5.74) is 3.70. The lowest BCUT2D eigenvalue weighted by molar-refractivity contribution is -0.384. The molecule has 2 heterocycles. The van der Waals surface area contributed by atoms with Gasteiger partial charge in [-0.3, -0.25) is 20.2 Å². The van der Waals surface area contributed by atoms with Crippen molar-refractivity contribution in [2.75, 3.05) is 47.8 Å². The van der Waals surface area contributed by atoms with Crippen LogP contribution in [0.5, 0.6) is 0 Å². The highest BCUT2D eigenvalue weighted by Crippen LogP contribution is 2.40. The lowest BCUT2D eigenvalue weighted by atomic mass is 10.1. The molecular weight excluding hydrogens is 350 g/mol. The molecule has 2 aliphatic rings. The van der Waals surface area contributed by atoms with E-state index >= 15 is 0 Å². The summed E-state index contributed by atoms with van der Waals surface area (Å²) in [5.74, 6) is 0. The molecule has 2 aromatic rings. The van der Waals surface area contributed by atoms with E-state index in [-0.39, 0.29) is 16.3 Å². The summed E-state index contributed by atoms with van der Waals surface area (Å²) in [6.07, 6.45) is 0.775. The normalized spacial score (nSPS) is 16.0. The fourth-order valence-electron chi connectivity index (χ4n) is 3.86. The zero-order valence-corrected chi connectivity index (χ0v) is 14.6. The maximum atomic E-state index is 11.5. The van der Waals surface area contributed by atoms with Crippen molar-refractivity contribution in [1.29, 1.82) is 0 Å². The van der Waals surface area contributed by atoms with Gasteiger partial charge in [0.05, 0.1) is 9.85 Å². The molecule has 4 rings (SSSR count). The molecule has 2 aliphatic heterocycles. The molecule has 0 unspecified atom stereocenters. The van der Waals surface area contributed by atoms with Crippen LogP contribution in [0.15, 0.2) is 36.4 Å². The van der Waals surface area contributed by atoms with Gasteiger partial charge in [0.2, 0.25) is 0 Å². The van der Waals surface area contributed by atoms with Crippen LogP contribution in [-0.4, -0.2) is 42.6 Å². The van der Waals surface area contributed by atoms with Crippen molar-refractivity contribution in [3.8, 4) is 0 Å². The molecule has 0 bridgehead atoms. The van der Waals surface area contributed by atoms with E-state index in [2.05, 4.69) is 15.1 Å². The van der Waals surface area contributed by atoms with Crippen LogP contribution in [-0.2, 0) is 6.42 Å². The van der Waals surface area contributed by atoms with Crippen molar-refractivity contribution in [1.82, 2.24) is 0 Å². The van der Waals surface area contributed by atoms with Crippen molar-refractivity contribution in [2.24, 2.45) is 0 Å². The molecular formula is C18H19N5O4. The van der Waals surface area contributed by atoms with E-state index < -0.39 is 4.92 Å². The molecule has 0 aromatic heterocycles. The summed E-state index contributed by atoms with van der Waals surface area (Å²) in [6.45, 7) is 3.34. The van der Waals surface area contributed by atoms with Crippen LogP contribution < -0.4 is 15.1 Å². The number of hydrogen-bond donors (Lipinski definition) is 1. The molecule has 1 N–H and O–H groups in total. The van der Waals surface area contributed by atoms with E-state index in [1.807, 2.05) is 6.07 Å². The van der Waals surface area contributed by atoms with Crippen molar-refractivity contribution in [2.45, 2.75) is 6.42 Å². The minimum Gasteiger partial charge on any atom is -0.384 e. The van der Waals surface area contributed by atoms with Crippen LogP contribution >= 0.6 is 0 Å². The summed E-state index contributed by atoms with van der Waals surface area (Å²) in [4.78, 5) is 26.0. The number of rotatable bonds is 4. The van der Waals surface area contributed by atoms with E-state index in [4.69, 9.17) is 0 Å². The molecule has 1 fully saturated rings. The predicted molar refractivity (Wildman–Crippen MR) is 103 cm³/mol. The zero-order chi connectivity index (χ0) is 19.0. The summed E-state index contributed by atoms with van der Waals surface area (Å²) < 4.78 is 0. The van der Waals surface area contributed by atoms with Gasteiger partial charge >= 0.3 is 0 Å². The maximum absolute atomic E-state index is 11.5. The minimum absolute atomic E-state index is 0.0671. The third-order valence-electron chi connectivity index (χ3n) is 5.15. The topological polar surface area (TPSA) is 105 Å². The Bertz CT molecular complexity index is 909. The van der Waals surface area contributed by atoms with E-state index in [0.717, 1.165) is 29.9 Å². The maximum Gasteiger partial charge on any atom is 0.292 e. The van der Waals surface area contributed by atoms with Gasteiger partial charge in [-0.1, -0.05) is 6.07 Å². The number of hydrogen-bond acceptors (Lipinski definition) is 7. The number of fused-ring (bicyclic) bond motifs is 1. The smallest absolute Gasteiger partial charge is 0.292 e. The molecule has 9 heteroatoms. The third kappa shape index (κ3) is 3.12. The number of nitrogens with zero attached hydrogens (tertiary/aromatic N) is 4. The second-order valence-electron chi connectivity index (χ2n) is 6.64. The van der Waals surface area contributed by atoms with Gasteiger partial charge in [-0.2, -0.15) is 0 Å². The molecule has 1 saturated heterocycles. The summed E-state index contributed by atoms with van der Waals surface area (Å²) >= 11 is 0. The fourth-order valence-corrected chi connectivity index (χ4v) is 3.86. The Morgan fingerprint density at radius 3 is 2.37 bits per heavy atom. The third-order valence-corrected chi connectivity index (χ3v) is 5.15. The van der Waals surface area contributed by atoms with Gasteiger partial charge in [0.1, 0.15) is 5.69 Å².